The summed E-state index contributed by atoms with van der Waals surface area (Å²) in [5.41, 5.74) is 0.757. The summed E-state index contributed by atoms with van der Waals surface area (Å²) in [5, 5.41) is 9.87. The third-order valence-corrected chi connectivity index (χ3v) is 3.24. The lowest BCUT2D eigenvalue weighted by molar-refractivity contribution is 0.0546. The standard InChI is InChI=1S/C13H18O2/c1-13(2,14)12-8-11(12)9-4-6-10(15-3)7-5-9/h4-7,11-12,14H,8H2,1-3H3/t11-,12+/m0/s1. The smallest absolute Gasteiger partial charge is 0.118 e. The lowest BCUT2D eigenvalue weighted by Crippen LogP contribution is -2.22. The predicted molar refractivity (Wildman–Crippen MR) is 60.1 cm³/mol. The van der Waals surface area contributed by atoms with Crippen LogP contribution in [0, 0.1) is 5.92 Å². The van der Waals surface area contributed by atoms with Gasteiger partial charge in [0.2, 0.25) is 0 Å². The average molecular weight is 206 g/mol. The molecule has 2 rings (SSSR count). The summed E-state index contributed by atoms with van der Waals surface area (Å²) in [6, 6.07) is 8.15. The van der Waals surface area contributed by atoms with Crippen LogP contribution >= 0.6 is 0 Å². The molecule has 1 saturated carbocycles. The van der Waals surface area contributed by atoms with Gasteiger partial charge in [0.1, 0.15) is 5.75 Å². The summed E-state index contributed by atoms with van der Waals surface area (Å²) in [6.45, 7) is 3.78. The van der Waals surface area contributed by atoms with Crippen molar-refractivity contribution in [3.8, 4) is 5.75 Å². The minimum Gasteiger partial charge on any atom is -0.497 e. The summed E-state index contributed by atoms with van der Waals surface area (Å²) in [7, 11) is 1.67. The van der Waals surface area contributed by atoms with E-state index in [1.807, 2.05) is 26.0 Å². The number of hydrogen-bond acceptors (Lipinski definition) is 2. The number of benzene rings is 1. The quantitative estimate of drug-likeness (QED) is 0.823. The molecule has 1 aromatic rings. The topological polar surface area (TPSA) is 29.5 Å². The molecule has 1 aliphatic rings. The van der Waals surface area contributed by atoms with Crippen molar-refractivity contribution >= 4 is 0 Å². The van der Waals surface area contributed by atoms with Crippen LogP contribution in [0.3, 0.4) is 0 Å². The van der Waals surface area contributed by atoms with Crippen LogP contribution in [-0.2, 0) is 0 Å². The highest BCUT2D eigenvalue weighted by Crippen LogP contribution is 2.53. The number of methoxy groups -OCH3 is 1. The van der Waals surface area contributed by atoms with Gasteiger partial charge in [0, 0.05) is 0 Å². The largest absolute Gasteiger partial charge is 0.497 e. The lowest BCUT2D eigenvalue weighted by Gasteiger charge is -2.16. The molecule has 2 atom stereocenters. The van der Waals surface area contributed by atoms with E-state index in [4.69, 9.17) is 4.74 Å². The third-order valence-electron chi connectivity index (χ3n) is 3.24. The van der Waals surface area contributed by atoms with Crippen LogP contribution in [0.4, 0.5) is 0 Å². The van der Waals surface area contributed by atoms with E-state index in [0.29, 0.717) is 11.8 Å². The van der Waals surface area contributed by atoms with Gasteiger partial charge in [0.05, 0.1) is 12.7 Å². The van der Waals surface area contributed by atoms with E-state index in [2.05, 4.69) is 12.1 Å². The Bertz CT molecular complexity index is 335. The molecule has 2 heteroatoms. The highest BCUT2D eigenvalue weighted by molar-refractivity contribution is 5.33. The zero-order chi connectivity index (χ0) is 11.1. The van der Waals surface area contributed by atoms with Crippen molar-refractivity contribution in [2.75, 3.05) is 7.11 Å². The molecule has 1 aromatic carbocycles. The number of ether oxygens (including phenoxy) is 1. The molecule has 0 amide bonds. The van der Waals surface area contributed by atoms with Gasteiger partial charge in [-0.25, -0.2) is 0 Å². The molecule has 0 aromatic heterocycles. The molecular formula is C13H18O2. The Morgan fingerprint density at radius 2 is 1.87 bits per heavy atom. The van der Waals surface area contributed by atoms with Crippen molar-refractivity contribution < 1.29 is 9.84 Å². The molecule has 0 aliphatic heterocycles. The van der Waals surface area contributed by atoms with E-state index in [0.717, 1.165) is 12.2 Å². The fourth-order valence-corrected chi connectivity index (χ4v) is 2.20. The molecule has 0 saturated heterocycles. The first-order valence-corrected chi connectivity index (χ1v) is 5.38. The van der Waals surface area contributed by atoms with Crippen molar-refractivity contribution in [2.24, 2.45) is 5.92 Å². The Morgan fingerprint density at radius 3 is 2.27 bits per heavy atom. The Labute approximate surface area is 90.9 Å². The summed E-state index contributed by atoms with van der Waals surface area (Å²) >= 11 is 0. The van der Waals surface area contributed by atoms with Gasteiger partial charge in [-0.1, -0.05) is 12.1 Å². The number of rotatable bonds is 3. The van der Waals surface area contributed by atoms with Gasteiger partial charge < -0.3 is 9.84 Å². The monoisotopic (exact) mass is 206 g/mol. The van der Waals surface area contributed by atoms with Gasteiger partial charge in [0.25, 0.3) is 0 Å². The maximum absolute atomic E-state index is 9.87. The van der Waals surface area contributed by atoms with Gasteiger partial charge in [-0.05, 0) is 49.8 Å². The van der Waals surface area contributed by atoms with Gasteiger partial charge in [-0.15, -0.1) is 0 Å². The van der Waals surface area contributed by atoms with Crippen molar-refractivity contribution in [1.29, 1.82) is 0 Å². The van der Waals surface area contributed by atoms with E-state index >= 15 is 0 Å². The first kappa shape index (κ1) is 10.5. The van der Waals surface area contributed by atoms with E-state index in [-0.39, 0.29) is 0 Å². The maximum Gasteiger partial charge on any atom is 0.118 e. The molecule has 0 unspecified atom stereocenters. The fraction of sp³-hybridized carbons (Fsp3) is 0.538. The van der Waals surface area contributed by atoms with E-state index in [1.54, 1.807) is 7.11 Å². The van der Waals surface area contributed by atoms with E-state index in [9.17, 15) is 5.11 Å². The molecule has 1 N–H and O–H groups in total. The van der Waals surface area contributed by atoms with Crippen LogP contribution in [0.2, 0.25) is 0 Å². The average Bonchev–Trinajstić information content (AvgIpc) is 2.97. The minimum absolute atomic E-state index is 0.408. The van der Waals surface area contributed by atoms with Gasteiger partial charge in [-0.2, -0.15) is 0 Å². The second-order valence-corrected chi connectivity index (χ2v) is 4.88. The van der Waals surface area contributed by atoms with Gasteiger partial charge in [0.15, 0.2) is 0 Å². The van der Waals surface area contributed by atoms with Crippen LogP contribution in [0.5, 0.6) is 5.75 Å². The summed E-state index contributed by atoms with van der Waals surface area (Å²) in [5.74, 6) is 1.82. The zero-order valence-corrected chi connectivity index (χ0v) is 9.53. The van der Waals surface area contributed by atoms with Crippen molar-refractivity contribution in [2.45, 2.75) is 31.8 Å². The third kappa shape index (κ3) is 2.15. The molecule has 0 spiro atoms. The SMILES string of the molecule is COc1ccc([C@@H]2C[C@H]2C(C)(C)O)cc1. The normalized spacial score (nSPS) is 25.1. The Balaban J connectivity index is 2.07. The van der Waals surface area contributed by atoms with Crippen molar-refractivity contribution in [1.82, 2.24) is 0 Å². The molecule has 82 valence electrons. The highest BCUT2D eigenvalue weighted by Gasteiger charge is 2.47. The van der Waals surface area contributed by atoms with Crippen LogP contribution in [-0.4, -0.2) is 17.8 Å². The molecule has 0 heterocycles. The van der Waals surface area contributed by atoms with Crippen LogP contribution in [0.25, 0.3) is 0 Å². The molecule has 2 nitrogen and oxygen atoms in total. The zero-order valence-electron chi connectivity index (χ0n) is 9.53. The highest BCUT2D eigenvalue weighted by atomic mass is 16.5. The second kappa shape index (κ2) is 3.53. The summed E-state index contributed by atoms with van der Waals surface area (Å²) < 4.78 is 5.11. The van der Waals surface area contributed by atoms with Crippen LogP contribution < -0.4 is 4.74 Å². The van der Waals surface area contributed by atoms with Gasteiger partial charge in [-0.3, -0.25) is 0 Å². The minimum atomic E-state index is -0.551. The van der Waals surface area contributed by atoms with Crippen molar-refractivity contribution in [3.05, 3.63) is 29.8 Å². The molecular weight excluding hydrogens is 188 g/mol. The number of hydrogen-bond donors (Lipinski definition) is 1. The van der Waals surface area contributed by atoms with Crippen LogP contribution in [0.15, 0.2) is 24.3 Å². The van der Waals surface area contributed by atoms with Crippen LogP contribution in [0.1, 0.15) is 31.7 Å². The molecule has 1 aliphatic carbocycles. The maximum atomic E-state index is 9.87. The van der Waals surface area contributed by atoms with E-state index in [1.165, 1.54) is 5.56 Å². The first-order valence-electron chi connectivity index (χ1n) is 5.38. The fourth-order valence-electron chi connectivity index (χ4n) is 2.20. The molecule has 0 radical (unpaired) electrons. The molecule has 0 bridgehead atoms. The lowest BCUT2D eigenvalue weighted by atomic mass is 9.99. The molecule has 15 heavy (non-hydrogen) atoms. The Morgan fingerprint density at radius 1 is 1.27 bits per heavy atom. The summed E-state index contributed by atoms with van der Waals surface area (Å²) in [4.78, 5) is 0. The number of aliphatic hydroxyl groups is 1. The first-order chi connectivity index (χ1) is 7.02. The summed E-state index contributed by atoms with van der Waals surface area (Å²) in [6.07, 6.45) is 1.09. The van der Waals surface area contributed by atoms with Gasteiger partial charge >= 0.3 is 0 Å². The Hall–Kier alpha value is -1.02. The predicted octanol–water partition coefficient (Wildman–Crippen LogP) is 2.57. The van der Waals surface area contributed by atoms with Crippen molar-refractivity contribution in [3.63, 3.8) is 0 Å². The Kier molecular flexibility index (Phi) is 2.47. The molecule has 1 fully saturated rings. The van der Waals surface area contributed by atoms with E-state index < -0.39 is 5.60 Å². The second-order valence-electron chi connectivity index (χ2n) is 4.88.